The Morgan fingerprint density at radius 2 is 2.55 bits per heavy atom. The zero-order chi connectivity index (χ0) is 8.27. The van der Waals surface area contributed by atoms with Crippen LogP contribution in [0.5, 0.6) is 0 Å². The van der Waals surface area contributed by atoms with E-state index < -0.39 is 0 Å². The zero-order valence-electron chi connectivity index (χ0n) is 6.36. The topological polar surface area (TPSA) is 56.2 Å². The van der Waals surface area contributed by atoms with Gasteiger partial charge in [0.2, 0.25) is 0 Å². The number of anilines is 1. The predicted molar refractivity (Wildman–Crippen MR) is 45.4 cm³/mol. The quantitative estimate of drug-likeness (QED) is 0.626. The molecule has 1 aromatic heterocycles. The molecule has 0 saturated carbocycles. The van der Waals surface area contributed by atoms with Gasteiger partial charge in [0.15, 0.2) is 0 Å². The Balaban J connectivity index is 3.00. The van der Waals surface area contributed by atoms with Crippen molar-refractivity contribution in [1.29, 1.82) is 0 Å². The lowest BCUT2D eigenvalue weighted by molar-refractivity contribution is 0.762. The van der Waals surface area contributed by atoms with E-state index in [0.29, 0.717) is 5.69 Å². The number of hydrogen-bond donors (Lipinski definition) is 1. The number of aliphatic imine (C=N–C) groups is 1. The minimum Gasteiger partial charge on any atom is -0.396 e. The first-order valence-electron chi connectivity index (χ1n) is 3.17. The first kappa shape index (κ1) is 7.53. The highest BCUT2D eigenvalue weighted by Gasteiger charge is 1.99. The van der Waals surface area contributed by atoms with E-state index in [1.54, 1.807) is 24.1 Å². The van der Waals surface area contributed by atoms with Gasteiger partial charge in [0.1, 0.15) is 5.69 Å². The summed E-state index contributed by atoms with van der Waals surface area (Å²) in [4.78, 5) is 3.83. The maximum atomic E-state index is 5.57. The molecule has 0 atom stereocenters. The monoisotopic (exact) mass is 150 g/mol. The molecular weight excluding hydrogens is 140 g/mol. The molecule has 1 heterocycles. The Labute approximate surface area is 65.0 Å². The number of nitrogens with zero attached hydrogens (tertiary/aromatic N) is 3. The van der Waals surface area contributed by atoms with Crippen LogP contribution in [-0.4, -0.2) is 16.0 Å². The van der Waals surface area contributed by atoms with Gasteiger partial charge in [0.25, 0.3) is 0 Å². The SMILES string of the molecule is C=CN=Cc1c(N)cnn1C. The van der Waals surface area contributed by atoms with E-state index in [2.05, 4.69) is 16.7 Å². The van der Waals surface area contributed by atoms with E-state index in [0.717, 1.165) is 5.69 Å². The van der Waals surface area contributed by atoms with Gasteiger partial charge in [0, 0.05) is 13.2 Å². The lowest BCUT2D eigenvalue weighted by Crippen LogP contribution is -1.98. The summed E-state index contributed by atoms with van der Waals surface area (Å²) in [7, 11) is 1.81. The van der Waals surface area contributed by atoms with Crippen LogP contribution < -0.4 is 5.73 Å². The summed E-state index contributed by atoms with van der Waals surface area (Å²) in [5.41, 5.74) is 6.99. The fourth-order valence-corrected chi connectivity index (χ4v) is 0.745. The molecule has 0 aliphatic heterocycles. The van der Waals surface area contributed by atoms with E-state index >= 15 is 0 Å². The molecule has 0 fully saturated rings. The highest BCUT2D eigenvalue weighted by molar-refractivity contribution is 5.84. The number of rotatable bonds is 2. The average Bonchev–Trinajstić information content (AvgIpc) is 2.29. The minimum absolute atomic E-state index is 0.623. The summed E-state index contributed by atoms with van der Waals surface area (Å²) >= 11 is 0. The smallest absolute Gasteiger partial charge is 0.102 e. The maximum Gasteiger partial charge on any atom is 0.102 e. The van der Waals surface area contributed by atoms with Crippen molar-refractivity contribution < 1.29 is 0 Å². The number of hydrogen-bond acceptors (Lipinski definition) is 3. The molecule has 0 radical (unpaired) electrons. The minimum atomic E-state index is 0.623. The van der Waals surface area contributed by atoms with E-state index in [1.807, 2.05) is 0 Å². The fraction of sp³-hybridized carbons (Fsp3) is 0.143. The van der Waals surface area contributed by atoms with Crippen LogP contribution in [0.25, 0.3) is 0 Å². The van der Waals surface area contributed by atoms with Crippen molar-refractivity contribution in [2.75, 3.05) is 5.73 Å². The zero-order valence-corrected chi connectivity index (χ0v) is 6.36. The number of nitrogen functional groups attached to an aromatic ring is 1. The number of nitrogens with two attached hydrogens (primary N) is 1. The standard InChI is InChI=1S/C7H10N4/c1-3-9-5-7-6(8)4-10-11(7)2/h3-5H,1,8H2,2H3. The van der Waals surface area contributed by atoms with Gasteiger partial charge in [-0.3, -0.25) is 9.67 Å². The van der Waals surface area contributed by atoms with Gasteiger partial charge in [-0.2, -0.15) is 5.10 Å². The van der Waals surface area contributed by atoms with Gasteiger partial charge in [-0.1, -0.05) is 6.58 Å². The third-order valence-corrected chi connectivity index (χ3v) is 1.32. The lowest BCUT2D eigenvalue weighted by Gasteiger charge is -1.93. The molecule has 0 aliphatic rings. The number of aryl methyl sites for hydroxylation is 1. The summed E-state index contributed by atoms with van der Waals surface area (Å²) in [6.07, 6.45) is 4.66. The van der Waals surface area contributed by atoms with Crippen molar-refractivity contribution in [3.05, 3.63) is 24.7 Å². The normalized spacial score (nSPS) is 10.6. The van der Waals surface area contributed by atoms with Crippen LogP contribution in [0.3, 0.4) is 0 Å². The van der Waals surface area contributed by atoms with Gasteiger partial charge >= 0.3 is 0 Å². The van der Waals surface area contributed by atoms with Crippen LogP contribution in [0.1, 0.15) is 5.69 Å². The second-order valence-corrected chi connectivity index (χ2v) is 2.07. The van der Waals surface area contributed by atoms with Crippen molar-refractivity contribution >= 4 is 11.9 Å². The molecule has 4 nitrogen and oxygen atoms in total. The Kier molecular flexibility index (Phi) is 2.06. The molecule has 0 saturated heterocycles. The van der Waals surface area contributed by atoms with Crippen LogP contribution in [0.2, 0.25) is 0 Å². The van der Waals surface area contributed by atoms with Gasteiger partial charge in [-0.05, 0) is 0 Å². The molecule has 1 aromatic rings. The molecule has 0 aliphatic carbocycles. The molecule has 0 aromatic carbocycles. The lowest BCUT2D eigenvalue weighted by atomic mass is 10.4. The van der Waals surface area contributed by atoms with Crippen molar-refractivity contribution in [3.8, 4) is 0 Å². The number of aromatic nitrogens is 2. The highest BCUT2D eigenvalue weighted by atomic mass is 15.3. The van der Waals surface area contributed by atoms with Gasteiger partial charge in [0.05, 0.1) is 18.1 Å². The van der Waals surface area contributed by atoms with Crippen molar-refractivity contribution in [2.45, 2.75) is 0 Å². The third kappa shape index (κ3) is 1.46. The Morgan fingerprint density at radius 3 is 3.00 bits per heavy atom. The second-order valence-electron chi connectivity index (χ2n) is 2.07. The van der Waals surface area contributed by atoms with Gasteiger partial charge in [-0.15, -0.1) is 0 Å². The first-order chi connectivity index (χ1) is 5.25. The molecule has 0 spiro atoms. The Morgan fingerprint density at radius 1 is 1.82 bits per heavy atom. The Bertz CT molecular complexity index is 265. The predicted octanol–water partition coefficient (Wildman–Crippen LogP) is 0.565. The van der Waals surface area contributed by atoms with Crippen molar-refractivity contribution in [2.24, 2.45) is 12.0 Å². The fourth-order valence-electron chi connectivity index (χ4n) is 0.745. The third-order valence-electron chi connectivity index (χ3n) is 1.32. The van der Waals surface area contributed by atoms with E-state index in [-0.39, 0.29) is 0 Å². The molecule has 4 heteroatoms. The molecule has 0 amide bonds. The molecular formula is C7H10N4. The molecule has 11 heavy (non-hydrogen) atoms. The molecule has 2 N–H and O–H groups in total. The van der Waals surface area contributed by atoms with Crippen LogP contribution >= 0.6 is 0 Å². The Hall–Kier alpha value is -1.58. The van der Waals surface area contributed by atoms with Crippen LogP contribution in [-0.2, 0) is 7.05 Å². The van der Waals surface area contributed by atoms with Crippen LogP contribution in [0.4, 0.5) is 5.69 Å². The second kappa shape index (κ2) is 3.01. The highest BCUT2D eigenvalue weighted by Crippen LogP contribution is 2.05. The van der Waals surface area contributed by atoms with E-state index in [4.69, 9.17) is 5.73 Å². The summed E-state index contributed by atoms with van der Waals surface area (Å²) in [5, 5.41) is 3.94. The van der Waals surface area contributed by atoms with Crippen molar-refractivity contribution in [1.82, 2.24) is 9.78 Å². The van der Waals surface area contributed by atoms with E-state index in [1.165, 1.54) is 6.20 Å². The first-order valence-corrected chi connectivity index (χ1v) is 3.17. The van der Waals surface area contributed by atoms with Gasteiger partial charge in [-0.25, -0.2) is 0 Å². The summed E-state index contributed by atoms with van der Waals surface area (Å²) in [6, 6.07) is 0. The molecule has 58 valence electrons. The van der Waals surface area contributed by atoms with Crippen LogP contribution in [0, 0.1) is 0 Å². The van der Waals surface area contributed by atoms with Crippen molar-refractivity contribution in [3.63, 3.8) is 0 Å². The van der Waals surface area contributed by atoms with Gasteiger partial charge < -0.3 is 5.73 Å². The molecule has 0 bridgehead atoms. The average molecular weight is 150 g/mol. The van der Waals surface area contributed by atoms with E-state index in [9.17, 15) is 0 Å². The summed E-state index contributed by atoms with van der Waals surface area (Å²) < 4.78 is 1.66. The summed E-state index contributed by atoms with van der Waals surface area (Å²) in [5.74, 6) is 0. The molecule has 1 rings (SSSR count). The molecule has 0 unspecified atom stereocenters. The maximum absolute atomic E-state index is 5.57. The summed E-state index contributed by atoms with van der Waals surface area (Å²) in [6.45, 7) is 3.45. The van der Waals surface area contributed by atoms with Crippen LogP contribution in [0.15, 0.2) is 24.0 Å². The largest absolute Gasteiger partial charge is 0.396 e.